The number of ketones is 1. The third kappa shape index (κ3) is 21.8. The first-order valence-corrected chi connectivity index (χ1v) is 26.9. The quantitative estimate of drug-likeness (QED) is 0.0202. The van der Waals surface area contributed by atoms with Gasteiger partial charge in [0.2, 0.25) is 5.92 Å². The molecule has 2 heterocycles. The summed E-state index contributed by atoms with van der Waals surface area (Å²) in [5, 5.41) is 9.18. The molecular weight excluding hydrogens is 980 g/mol. The first-order valence-electron chi connectivity index (χ1n) is 26.5. The van der Waals surface area contributed by atoms with Crippen molar-refractivity contribution in [3.63, 3.8) is 0 Å². The molecular formula is C57H86BClF7N6O2. The van der Waals surface area contributed by atoms with Crippen molar-refractivity contribution >= 4 is 41.4 Å². The number of rotatable bonds is 20. The number of halogens is 8. The van der Waals surface area contributed by atoms with Crippen LogP contribution >= 0.6 is 11.6 Å². The van der Waals surface area contributed by atoms with Gasteiger partial charge in [0.25, 0.3) is 5.56 Å². The van der Waals surface area contributed by atoms with E-state index in [1.165, 1.54) is 55.4 Å². The topological polar surface area (TPSA) is 127 Å². The Bertz CT molecular complexity index is 2360. The molecule has 1 aliphatic carbocycles. The van der Waals surface area contributed by atoms with Crippen molar-refractivity contribution in [3.8, 4) is 5.69 Å². The maximum atomic E-state index is 16.2. The van der Waals surface area contributed by atoms with E-state index in [-0.39, 0.29) is 53.6 Å². The number of nitrogens with two attached hydrogens (primary N) is 1. The van der Waals surface area contributed by atoms with Gasteiger partial charge in [0.05, 0.1) is 28.3 Å². The van der Waals surface area contributed by atoms with Crippen molar-refractivity contribution in [2.75, 3.05) is 6.54 Å². The van der Waals surface area contributed by atoms with Gasteiger partial charge in [-0.05, 0) is 118 Å². The zero-order valence-electron chi connectivity index (χ0n) is 46.5. The molecule has 1 fully saturated rings. The Kier molecular flexibility index (Phi) is 31.0. The predicted molar refractivity (Wildman–Crippen MR) is 294 cm³/mol. The maximum absolute atomic E-state index is 16.2. The number of nitrogens with zero attached hydrogens (tertiary/aromatic N) is 3. The Morgan fingerprint density at radius 2 is 1.43 bits per heavy atom. The molecule has 4 unspecified atom stereocenters. The smallest absolute Gasteiger partial charge is 0.267 e. The number of nitrogens with one attached hydrogen (secondary N) is 2. The molecule has 0 aliphatic heterocycles. The lowest BCUT2D eigenvalue weighted by atomic mass is 9.81. The van der Waals surface area contributed by atoms with Crippen LogP contribution in [0.4, 0.5) is 30.7 Å². The fourth-order valence-electron chi connectivity index (χ4n) is 8.41. The van der Waals surface area contributed by atoms with Crippen LogP contribution in [0.1, 0.15) is 192 Å². The average Bonchev–Trinajstić information content (AvgIpc) is 3.31. The standard InChI is InChI=1S/C36H38ClF5N4O.C10H20F2.C6H14.C3H8N2O.C2H6B/c1-6-7-27(43)31-21(5)28(9-8-26(31)37)46-33(25(19(2)3)17-22-15-23(38)18-24(39)16-22)45-32-30(34(46)47)20(4)14-29(44-32)35(40)10-12-36(41,42)13-11-35;1-4-8(3)6-10(12)7-9(11)5-2;1-3-5-6-4-2;1-3(6)2-5-4;1-3-2/h8-9,14-16,18-19,25,43H,6-7,10-13,17H2,1-5H3;8-10H,4-7H2,1-3H3;3-6H2,1-2H3;5H,2,4H2,1H3;1-2H3. The van der Waals surface area contributed by atoms with E-state index < -0.39 is 72.7 Å². The van der Waals surface area contributed by atoms with Crippen LogP contribution in [0.5, 0.6) is 0 Å². The number of carbonyl (C=O) groups excluding carboxylic acids is 1. The number of unbranched alkanes of at least 4 members (excludes halogenated alkanes) is 3. The summed E-state index contributed by atoms with van der Waals surface area (Å²) in [6, 6.07) is 7.97. The lowest BCUT2D eigenvalue weighted by Gasteiger charge is -2.33. The summed E-state index contributed by atoms with van der Waals surface area (Å²) in [5.41, 5.74) is 2.06. The summed E-state index contributed by atoms with van der Waals surface area (Å²) in [6.07, 6.45) is 4.84. The fraction of sp³-hybridized carbons (Fsp3) is 0.632. The van der Waals surface area contributed by atoms with Crippen LogP contribution in [0.25, 0.3) is 16.7 Å². The molecule has 74 heavy (non-hydrogen) atoms. The van der Waals surface area contributed by atoms with E-state index in [1.807, 2.05) is 55.5 Å². The van der Waals surface area contributed by atoms with Crippen molar-refractivity contribution in [1.82, 2.24) is 20.0 Å². The highest BCUT2D eigenvalue weighted by atomic mass is 35.5. The second-order valence-corrected chi connectivity index (χ2v) is 20.4. The first-order chi connectivity index (χ1) is 34.7. The Hall–Kier alpha value is -4.15. The van der Waals surface area contributed by atoms with Crippen molar-refractivity contribution in [3.05, 3.63) is 97.2 Å². The fourth-order valence-corrected chi connectivity index (χ4v) is 8.72. The van der Waals surface area contributed by atoms with Crippen LogP contribution in [0.3, 0.4) is 0 Å². The molecule has 2 aromatic carbocycles. The molecule has 4 N–H and O–H groups in total. The second kappa shape index (κ2) is 33.8. The number of hydrogen-bond donors (Lipinski definition) is 3. The third-order valence-corrected chi connectivity index (χ3v) is 13.2. The monoisotopic (exact) mass is 1070 g/mol. The van der Waals surface area contributed by atoms with Gasteiger partial charge in [0.1, 0.15) is 42.9 Å². The van der Waals surface area contributed by atoms with Gasteiger partial charge in [-0.15, -0.1) is 0 Å². The number of alkyl halides is 5. The van der Waals surface area contributed by atoms with Gasteiger partial charge in [-0.3, -0.25) is 25.4 Å². The molecule has 5 rings (SSSR count). The number of aromatic nitrogens is 3. The van der Waals surface area contributed by atoms with Crippen LogP contribution < -0.4 is 16.8 Å². The van der Waals surface area contributed by atoms with E-state index in [1.54, 1.807) is 32.9 Å². The molecule has 2 aromatic heterocycles. The molecule has 0 spiro atoms. The van der Waals surface area contributed by atoms with Gasteiger partial charge in [-0.2, -0.15) is 0 Å². The zero-order valence-corrected chi connectivity index (χ0v) is 47.3. The van der Waals surface area contributed by atoms with Gasteiger partial charge in [-0.25, -0.2) is 40.7 Å². The Morgan fingerprint density at radius 1 is 0.865 bits per heavy atom. The molecule has 0 bridgehead atoms. The van der Waals surface area contributed by atoms with Crippen LogP contribution in [-0.4, -0.2) is 58.1 Å². The lowest BCUT2D eigenvalue weighted by Crippen LogP contribution is -2.34. The molecule has 8 nitrogen and oxygen atoms in total. The highest BCUT2D eigenvalue weighted by molar-refractivity contribution is 6.34. The van der Waals surface area contributed by atoms with Gasteiger partial charge in [-0.1, -0.05) is 119 Å². The number of hydrogen-bond acceptors (Lipinski definition) is 7. The normalized spacial score (nSPS) is 15.1. The van der Waals surface area contributed by atoms with E-state index in [0.717, 1.165) is 12.5 Å². The van der Waals surface area contributed by atoms with Gasteiger partial charge < -0.3 is 5.41 Å². The van der Waals surface area contributed by atoms with Gasteiger partial charge in [0.15, 0.2) is 11.3 Å². The number of benzene rings is 2. The minimum atomic E-state index is -2.95. The lowest BCUT2D eigenvalue weighted by molar-refractivity contribution is -0.116. The van der Waals surface area contributed by atoms with Crippen LogP contribution in [0.2, 0.25) is 18.7 Å². The summed E-state index contributed by atoms with van der Waals surface area (Å²) >= 11 is 6.58. The molecule has 1 radical (unpaired) electrons. The van der Waals surface area contributed by atoms with Crippen LogP contribution in [0, 0.1) is 42.7 Å². The Balaban J connectivity index is 0.000000829. The number of carbonyl (C=O) groups is 1. The van der Waals surface area contributed by atoms with Gasteiger partial charge in [0, 0.05) is 42.5 Å². The van der Waals surface area contributed by atoms with Crippen molar-refractivity contribution < 1.29 is 35.5 Å². The van der Waals surface area contributed by atoms with Crippen LogP contribution in [-0.2, 0) is 16.9 Å². The summed E-state index contributed by atoms with van der Waals surface area (Å²) < 4.78 is 99.9. The summed E-state index contributed by atoms with van der Waals surface area (Å²) in [6.45, 7) is 25.1. The van der Waals surface area contributed by atoms with E-state index in [4.69, 9.17) is 27.8 Å². The molecule has 1 aliphatic rings. The van der Waals surface area contributed by atoms with E-state index >= 15 is 4.39 Å². The molecule has 17 heteroatoms. The largest absolute Gasteiger partial charge is 0.305 e. The molecule has 4 atom stereocenters. The van der Waals surface area contributed by atoms with E-state index in [2.05, 4.69) is 24.3 Å². The first kappa shape index (κ1) is 67.9. The van der Waals surface area contributed by atoms with Gasteiger partial charge >= 0.3 is 0 Å². The van der Waals surface area contributed by atoms with Crippen molar-refractivity contribution in [2.24, 2.45) is 17.7 Å². The van der Waals surface area contributed by atoms with E-state index in [0.29, 0.717) is 70.3 Å². The highest BCUT2D eigenvalue weighted by Crippen LogP contribution is 2.46. The second-order valence-electron chi connectivity index (χ2n) is 20.0. The molecule has 1 saturated carbocycles. The highest BCUT2D eigenvalue weighted by Gasteiger charge is 2.46. The zero-order chi connectivity index (χ0) is 56.5. The number of fused-ring (bicyclic) bond motifs is 1. The number of Topliss-reactive ketones (excluding diaryl/α,β-unsaturated/α-hetero) is 1. The molecule has 0 saturated heterocycles. The number of pyridine rings is 1. The molecule has 0 amide bonds. The van der Waals surface area contributed by atoms with Crippen molar-refractivity contribution in [1.29, 1.82) is 5.41 Å². The van der Waals surface area contributed by atoms with Crippen LogP contribution in [0.15, 0.2) is 41.2 Å². The maximum Gasteiger partial charge on any atom is 0.267 e. The third-order valence-electron chi connectivity index (χ3n) is 12.9. The molecule has 4 aromatic rings. The number of hydrazine groups is 1. The van der Waals surface area contributed by atoms with E-state index in [9.17, 15) is 35.9 Å². The SMILES string of the molecule is CC(=O)CNN.CCC(C)CC(F)CC(F)CC.CCCC(=N)c1c(Cl)ccc(-n2c(C(Cc3cc(F)cc(F)c3)C(C)C)nc3nc(C4(F)CCC(F)(F)CC4)cc(C)c3c2=O)c1C.CCCCCC.C[B]C. The minimum absolute atomic E-state index is 0.0350. The summed E-state index contributed by atoms with van der Waals surface area (Å²) in [4.78, 5) is 33.9. The van der Waals surface area contributed by atoms with Crippen molar-refractivity contribution in [2.45, 2.75) is 216 Å². The molecule has 415 valence electrons. The summed E-state index contributed by atoms with van der Waals surface area (Å²) in [7, 11) is 2.00. The Labute approximate surface area is 443 Å². The minimum Gasteiger partial charge on any atom is -0.305 e. The number of aryl methyl sites for hydroxylation is 1. The predicted octanol–water partition coefficient (Wildman–Crippen LogP) is 16.2. The average molecular weight is 1070 g/mol. The Morgan fingerprint density at radius 3 is 1.89 bits per heavy atom. The summed E-state index contributed by atoms with van der Waals surface area (Å²) in [5.74, 6) is 0.188.